The number of ether oxygens (including phenoxy) is 1. The van der Waals surface area contributed by atoms with E-state index in [9.17, 15) is 9.90 Å². The molecule has 1 unspecified atom stereocenters. The summed E-state index contributed by atoms with van der Waals surface area (Å²) < 4.78 is 5.18. The molecular weight excluding hydrogens is 218 g/mol. The standard InChI is InChI=1S/C13H17NO3/c1-13(2,16)7-9-8-5-4-6-10(17-3)11(8)12(15)14-9/h4-6,9,16H,7H2,1-3H3,(H,14,15). The predicted octanol–water partition coefficient (Wildman–Crippen LogP) is 1.64. The molecule has 1 aliphatic heterocycles. The van der Waals surface area contributed by atoms with E-state index in [-0.39, 0.29) is 11.9 Å². The van der Waals surface area contributed by atoms with Crippen LogP contribution in [0.4, 0.5) is 0 Å². The number of hydrogen-bond acceptors (Lipinski definition) is 3. The largest absolute Gasteiger partial charge is 0.496 e. The van der Waals surface area contributed by atoms with E-state index < -0.39 is 5.60 Å². The minimum atomic E-state index is -0.817. The lowest BCUT2D eigenvalue weighted by Gasteiger charge is -2.22. The first-order valence-electron chi connectivity index (χ1n) is 5.62. The fourth-order valence-corrected chi connectivity index (χ4v) is 2.22. The van der Waals surface area contributed by atoms with Crippen LogP contribution in [0.2, 0.25) is 0 Å². The average Bonchev–Trinajstić information content (AvgIpc) is 2.53. The first-order chi connectivity index (χ1) is 7.92. The molecule has 0 saturated heterocycles. The molecule has 17 heavy (non-hydrogen) atoms. The second kappa shape index (κ2) is 4.04. The molecule has 1 aliphatic rings. The van der Waals surface area contributed by atoms with Gasteiger partial charge in [0.2, 0.25) is 0 Å². The Morgan fingerprint density at radius 3 is 2.76 bits per heavy atom. The van der Waals surface area contributed by atoms with Gasteiger partial charge in [-0.3, -0.25) is 4.79 Å². The maximum Gasteiger partial charge on any atom is 0.255 e. The number of hydrogen-bond donors (Lipinski definition) is 2. The molecule has 0 aromatic heterocycles. The van der Waals surface area contributed by atoms with Crippen molar-refractivity contribution in [3.63, 3.8) is 0 Å². The minimum absolute atomic E-state index is 0.133. The number of carbonyl (C=O) groups is 1. The number of benzene rings is 1. The molecule has 2 N–H and O–H groups in total. The quantitative estimate of drug-likeness (QED) is 0.837. The number of methoxy groups -OCH3 is 1. The van der Waals surface area contributed by atoms with Crippen molar-refractivity contribution < 1.29 is 14.6 Å². The summed E-state index contributed by atoms with van der Waals surface area (Å²) in [5.41, 5.74) is 0.670. The van der Waals surface area contributed by atoms with Gasteiger partial charge in [0.25, 0.3) is 5.91 Å². The van der Waals surface area contributed by atoms with E-state index in [1.807, 2.05) is 12.1 Å². The maximum atomic E-state index is 11.9. The van der Waals surface area contributed by atoms with E-state index in [4.69, 9.17) is 4.74 Å². The Morgan fingerprint density at radius 2 is 2.18 bits per heavy atom. The van der Waals surface area contributed by atoms with E-state index in [0.717, 1.165) is 5.56 Å². The summed E-state index contributed by atoms with van der Waals surface area (Å²) in [5.74, 6) is 0.449. The molecule has 1 atom stereocenters. The van der Waals surface area contributed by atoms with Crippen molar-refractivity contribution in [3.05, 3.63) is 29.3 Å². The van der Waals surface area contributed by atoms with Crippen LogP contribution in [0.1, 0.15) is 42.2 Å². The van der Waals surface area contributed by atoms with E-state index in [1.165, 1.54) is 0 Å². The molecule has 4 heteroatoms. The van der Waals surface area contributed by atoms with Crippen LogP contribution in [0, 0.1) is 0 Å². The summed E-state index contributed by atoms with van der Waals surface area (Å²) in [7, 11) is 1.55. The minimum Gasteiger partial charge on any atom is -0.496 e. The SMILES string of the molecule is COc1cccc2c1C(=O)NC2CC(C)(C)O. The van der Waals surface area contributed by atoms with Crippen LogP contribution in [0.5, 0.6) is 5.75 Å². The van der Waals surface area contributed by atoms with Crippen molar-refractivity contribution >= 4 is 5.91 Å². The zero-order valence-corrected chi connectivity index (χ0v) is 10.3. The highest BCUT2D eigenvalue weighted by atomic mass is 16.5. The number of carbonyl (C=O) groups excluding carboxylic acids is 1. The van der Waals surface area contributed by atoms with Gasteiger partial charge in [-0.05, 0) is 25.5 Å². The van der Waals surface area contributed by atoms with Crippen molar-refractivity contribution in [3.8, 4) is 5.75 Å². The van der Waals surface area contributed by atoms with Gasteiger partial charge >= 0.3 is 0 Å². The van der Waals surface area contributed by atoms with Crippen LogP contribution in [-0.2, 0) is 0 Å². The van der Waals surface area contributed by atoms with E-state index in [0.29, 0.717) is 17.7 Å². The zero-order valence-electron chi connectivity index (χ0n) is 10.3. The molecule has 0 fully saturated rings. The molecule has 0 radical (unpaired) electrons. The number of aliphatic hydroxyl groups is 1. The topological polar surface area (TPSA) is 58.6 Å². The Balaban J connectivity index is 2.38. The third kappa shape index (κ3) is 2.26. The highest BCUT2D eigenvalue weighted by Crippen LogP contribution is 2.35. The Labute approximate surface area is 101 Å². The van der Waals surface area contributed by atoms with Crippen molar-refractivity contribution in [1.29, 1.82) is 0 Å². The summed E-state index contributed by atoms with van der Waals surface area (Å²) in [4.78, 5) is 11.9. The second-order valence-corrected chi connectivity index (χ2v) is 4.97. The fourth-order valence-electron chi connectivity index (χ4n) is 2.22. The zero-order chi connectivity index (χ0) is 12.6. The molecule has 2 rings (SSSR count). The average molecular weight is 235 g/mol. The highest BCUT2D eigenvalue weighted by molar-refractivity contribution is 6.01. The molecule has 1 amide bonds. The molecule has 1 aromatic carbocycles. The van der Waals surface area contributed by atoms with Gasteiger partial charge in [-0.25, -0.2) is 0 Å². The van der Waals surface area contributed by atoms with Crippen LogP contribution in [-0.4, -0.2) is 23.7 Å². The highest BCUT2D eigenvalue weighted by Gasteiger charge is 2.34. The van der Waals surface area contributed by atoms with Crippen LogP contribution in [0.3, 0.4) is 0 Å². The summed E-state index contributed by atoms with van der Waals surface area (Å²) in [6.07, 6.45) is 0.485. The Kier molecular flexibility index (Phi) is 2.83. The summed E-state index contributed by atoms with van der Waals surface area (Å²) in [6.45, 7) is 3.47. The molecule has 0 saturated carbocycles. The first-order valence-corrected chi connectivity index (χ1v) is 5.62. The lowest BCUT2D eigenvalue weighted by Crippen LogP contribution is -2.28. The van der Waals surface area contributed by atoms with Crippen molar-refractivity contribution in [1.82, 2.24) is 5.32 Å². The van der Waals surface area contributed by atoms with Crippen molar-refractivity contribution in [2.24, 2.45) is 0 Å². The van der Waals surface area contributed by atoms with Gasteiger partial charge in [0.15, 0.2) is 0 Å². The molecule has 0 aliphatic carbocycles. The molecule has 0 spiro atoms. The number of fused-ring (bicyclic) bond motifs is 1. The number of rotatable bonds is 3. The second-order valence-electron chi connectivity index (χ2n) is 4.97. The Morgan fingerprint density at radius 1 is 1.47 bits per heavy atom. The van der Waals surface area contributed by atoms with Crippen LogP contribution < -0.4 is 10.1 Å². The van der Waals surface area contributed by atoms with Gasteiger partial charge in [0.05, 0.1) is 24.3 Å². The molecule has 1 heterocycles. The van der Waals surface area contributed by atoms with E-state index >= 15 is 0 Å². The summed E-state index contributed by atoms with van der Waals surface area (Å²) in [5, 5.41) is 12.7. The lowest BCUT2D eigenvalue weighted by atomic mass is 9.94. The van der Waals surface area contributed by atoms with Gasteiger partial charge in [-0.1, -0.05) is 12.1 Å². The summed E-state index contributed by atoms with van der Waals surface area (Å²) in [6, 6.07) is 5.37. The van der Waals surface area contributed by atoms with Crippen molar-refractivity contribution in [2.45, 2.75) is 31.9 Å². The predicted molar refractivity (Wildman–Crippen MR) is 64.1 cm³/mol. The van der Waals surface area contributed by atoms with Crippen molar-refractivity contribution in [2.75, 3.05) is 7.11 Å². The molecule has 92 valence electrons. The number of amides is 1. The lowest BCUT2D eigenvalue weighted by molar-refractivity contribution is 0.0591. The molecule has 4 nitrogen and oxygen atoms in total. The van der Waals surface area contributed by atoms with Gasteiger partial charge < -0.3 is 15.2 Å². The van der Waals surface area contributed by atoms with Gasteiger partial charge in [-0.2, -0.15) is 0 Å². The van der Waals surface area contributed by atoms with Gasteiger partial charge in [0, 0.05) is 6.42 Å². The molecular formula is C13H17NO3. The van der Waals surface area contributed by atoms with Crippen LogP contribution in [0.15, 0.2) is 18.2 Å². The van der Waals surface area contributed by atoms with Crippen LogP contribution in [0.25, 0.3) is 0 Å². The summed E-state index contributed by atoms with van der Waals surface area (Å²) >= 11 is 0. The van der Waals surface area contributed by atoms with Crippen LogP contribution >= 0.6 is 0 Å². The number of nitrogens with one attached hydrogen (secondary N) is 1. The van der Waals surface area contributed by atoms with E-state index in [2.05, 4.69) is 5.32 Å². The maximum absolute atomic E-state index is 11.9. The Hall–Kier alpha value is -1.55. The first kappa shape index (κ1) is 11.9. The monoisotopic (exact) mass is 235 g/mol. The normalized spacial score (nSPS) is 18.8. The molecule has 1 aromatic rings. The van der Waals surface area contributed by atoms with Gasteiger partial charge in [0.1, 0.15) is 5.75 Å². The Bertz CT molecular complexity index is 448. The fraction of sp³-hybridized carbons (Fsp3) is 0.462. The molecule has 0 bridgehead atoms. The smallest absolute Gasteiger partial charge is 0.255 e. The van der Waals surface area contributed by atoms with E-state index in [1.54, 1.807) is 27.0 Å². The third-order valence-electron chi connectivity index (χ3n) is 2.89. The van der Waals surface area contributed by atoms with Gasteiger partial charge in [-0.15, -0.1) is 0 Å². The third-order valence-corrected chi connectivity index (χ3v) is 2.89.